The number of thioether (sulfide) groups is 1. The fourth-order valence-electron chi connectivity index (χ4n) is 4.24. The Kier molecular flexibility index (Phi) is 4.92. The van der Waals surface area contributed by atoms with Crippen LogP contribution in [0.1, 0.15) is 24.0 Å². The van der Waals surface area contributed by atoms with Crippen LogP contribution in [0.4, 0.5) is 0 Å². The van der Waals surface area contributed by atoms with Crippen molar-refractivity contribution in [3.05, 3.63) is 59.7 Å². The SMILES string of the molecule is c1ccc(CN2Cc3cc4cc5c(cc4nc3SC2=NC[C@H]2CCCO2)OCO5)cc1. The van der Waals surface area contributed by atoms with Crippen LogP contribution < -0.4 is 9.47 Å². The van der Waals surface area contributed by atoms with Gasteiger partial charge in [-0.25, -0.2) is 4.98 Å². The molecule has 7 heteroatoms. The number of nitrogens with zero attached hydrogens (tertiary/aromatic N) is 3. The highest BCUT2D eigenvalue weighted by Crippen LogP contribution is 2.39. The minimum absolute atomic E-state index is 0.234. The van der Waals surface area contributed by atoms with Crippen molar-refractivity contribution < 1.29 is 14.2 Å². The smallest absolute Gasteiger partial charge is 0.231 e. The number of amidine groups is 1. The van der Waals surface area contributed by atoms with E-state index in [2.05, 4.69) is 41.3 Å². The van der Waals surface area contributed by atoms with Gasteiger partial charge in [0, 0.05) is 36.7 Å². The van der Waals surface area contributed by atoms with Gasteiger partial charge >= 0.3 is 0 Å². The molecule has 0 amide bonds. The number of rotatable bonds is 4. The molecule has 1 fully saturated rings. The molecule has 0 N–H and O–H groups in total. The zero-order chi connectivity index (χ0) is 20.6. The van der Waals surface area contributed by atoms with Crippen LogP contribution in [0, 0.1) is 0 Å². The first kappa shape index (κ1) is 19.0. The molecule has 158 valence electrons. The predicted molar refractivity (Wildman–Crippen MR) is 121 cm³/mol. The second kappa shape index (κ2) is 8.05. The summed E-state index contributed by atoms with van der Waals surface area (Å²) >= 11 is 1.65. The zero-order valence-electron chi connectivity index (χ0n) is 17.1. The molecule has 1 aromatic heterocycles. The Hall–Kier alpha value is -2.77. The van der Waals surface area contributed by atoms with E-state index < -0.39 is 0 Å². The van der Waals surface area contributed by atoms with E-state index in [-0.39, 0.29) is 12.9 Å². The van der Waals surface area contributed by atoms with Gasteiger partial charge in [0.15, 0.2) is 16.7 Å². The molecule has 0 unspecified atom stereocenters. The standard InChI is InChI=1S/C24H23N3O3S/c1-2-5-16(6-3-1)13-27-14-18-9-17-10-21-22(30-15-29-21)11-20(17)26-23(18)31-24(27)25-12-19-7-4-8-28-19/h1-3,5-6,9-11,19H,4,7-8,12-15H2/t19-/m1/s1. The lowest BCUT2D eigenvalue weighted by Crippen LogP contribution is -2.32. The first-order chi connectivity index (χ1) is 15.3. The summed E-state index contributed by atoms with van der Waals surface area (Å²) in [7, 11) is 0. The summed E-state index contributed by atoms with van der Waals surface area (Å²) in [6.45, 7) is 3.42. The van der Waals surface area contributed by atoms with E-state index in [0.717, 1.165) is 65.1 Å². The average molecular weight is 434 g/mol. The van der Waals surface area contributed by atoms with E-state index >= 15 is 0 Å². The number of aliphatic imine (C=N–C) groups is 1. The van der Waals surface area contributed by atoms with E-state index in [0.29, 0.717) is 6.54 Å². The molecule has 6 nitrogen and oxygen atoms in total. The first-order valence-corrected chi connectivity index (χ1v) is 11.5. The van der Waals surface area contributed by atoms with Gasteiger partial charge in [-0.15, -0.1) is 0 Å². The first-order valence-electron chi connectivity index (χ1n) is 10.7. The monoisotopic (exact) mass is 433 g/mol. The Morgan fingerprint density at radius 3 is 2.81 bits per heavy atom. The number of hydrogen-bond acceptors (Lipinski definition) is 6. The van der Waals surface area contributed by atoms with Crippen LogP contribution in [-0.4, -0.2) is 41.1 Å². The van der Waals surface area contributed by atoms with Gasteiger partial charge in [-0.3, -0.25) is 4.99 Å². The molecule has 2 aromatic carbocycles. The Morgan fingerprint density at radius 2 is 1.97 bits per heavy atom. The van der Waals surface area contributed by atoms with Gasteiger partial charge in [-0.2, -0.15) is 0 Å². The van der Waals surface area contributed by atoms with Crippen LogP contribution in [0.15, 0.2) is 58.5 Å². The largest absolute Gasteiger partial charge is 0.454 e. The van der Waals surface area contributed by atoms with Gasteiger partial charge in [-0.1, -0.05) is 30.3 Å². The predicted octanol–water partition coefficient (Wildman–Crippen LogP) is 4.61. The highest BCUT2D eigenvalue weighted by molar-refractivity contribution is 8.13. The third-order valence-electron chi connectivity index (χ3n) is 5.84. The lowest BCUT2D eigenvalue weighted by molar-refractivity contribution is 0.117. The molecule has 0 saturated carbocycles. The van der Waals surface area contributed by atoms with Crippen molar-refractivity contribution in [1.29, 1.82) is 0 Å². The van der Waals surface area contributed by atoms with E-state index in [9.17, 15) is 0 Å². The lowest BCUT2D eigenvalue weighted by atomic mass is 10.1. The molecule has 3 aliphatic rings. The average Bonchev–Trinajstić information content (AvgIpc) is 3.47. The topological polar surface area (TPSA) is 56.2 Å². The molecule has 31 heavy (non-hydrogen) atoms. The zero-order valence-corrected chi connectivity index (χ0v) is 17.9. The van der Waals surface area contributed by atoms with Crippen molar-refractivity contribution >= 4 is 27.8 Å². The number of hydrogen-bond donors (Lipinski definition) is 0. The van der Waals surface area contributed by atoms with Gasteiger partial charge < -0.3 is 19.1 Å². The van der Waals surface area contributed by atoms with Crippen LogP contribution in [0.2, 0.25) is 0 Å². The molecular weight excluding hydrogens is 410 g/mol. The molecule has 3 aliphatic heterocycles. The second-order valence-corrected chi connectivity index (χ2v) is 9.01. The number of benzene rings is 2. The summed E-state index contributed by atoms with van der Waals surface area (Å²) in [5, 5.41) is 3.10. The van der Waals surface area contributed by atoms with E-state index in [1.165, 1.54) is 11.1 Å². The van der Waals surface area contributed by atoms with Gasteiger partial charge in [0.25, 0.3) is 0 Å². The van der Waals surface area contributed by atoms with Crippen LogP contribution in [0.25, 0.3) is 10.9 Å². The molecule has 1 saturated heterocycles. The molecular formula is C24H23N3O3S. The Balaban J connectivity index is 1.35. The maximum absolute atomic E-state index is 5.79. The molecule has 6 rings (SSSR count). The molecule has 3 aromatic rings. The Morgan fingerprint density at radius 1 is 1.10 bits per heavy atom. The van der Waals surface area contributed by atoms with Crippen LogP contribution in [0.3, 0.4) is 0 Å². The summed E-state index contributed by atoms with van der Waals surface area (Å²) in [6, 6.07) is 16.8. The van der Waals surface area contributed by atoms with Gasteiger partial charge in [0.05, 0.1) is 18.2 Å². The van der Waals surface area contributed by atoms with Crippen molar-refractivity contribution in [1.82, 2.24) is 9.88 Å². The van der Waals surface area contributed by atoms with Crippen molar-refractivity contribution in [2.24, 2.45) is 4.99 Å². The van der Waals surface area contributed by atoms with Gasteiger partial charge in [0.1, 0.15) is 5.03 Å². The molecule has 0 bridgehead atoms. The highest BCUT2D eigenvalue weighted by Gasteiger charge is 2.26. The van der Waals surface area contributed by atoms with E-state index in [1.807, 2.05) is 12.1 Å². The van der Waals surface area contributed by atoms with Crippen LogP contribution >= 0.6 is 11.8 Å². The quantitative estimate of drug-likeness (QED) is 0.599. The summed E-state index contributed by atoms with van der Waals surface area (Å²) in [5.74, 6) is 1.55. The summed E-state index contributed by atoms with van der Waals surface area (Å²) in [4.78, 5) is 12.3. The van der Waals surface area contributed by atoms with Crippen LogP contribution in [0.5, 0.6) is 11.5 Å². The Bertz CT molecular complexity index is 1150. The number of aromatic nitrogens is 1. The van der Waals surface area contributed by atoms with Gasteiger partial charge in [-0.05, 0) is 42.3 Å². The Labute approximate surface area is 185 Å². The van der Waals surface area contributed by atoms with E-state index in [4.69, 9.17) is 24.2 Å². The van der Waals surface area contributed by atoms with Crippen LogP contribution in [-0.2, 0) is 17.8 Å². The fraction of sp³-hybridized carbons (Fsp3) is 0.333. The number of ether oxygens (including phenoxy) is 3. The summed E-state index contributed by atoms with van der Waals surface area (Å²) in [5.41, 5.74) is 3.40. The third-order valence-corrected chi connectivity index (χ3v) is 6.96. The highest BCUT2D eigenvalue weighted by atomic mass is 32.2. The maximum atomic E-state index is 5.79. The molecule has 0 radical (unpaired) electrons. The minimum Gasteiger partial charge on any atom is -0.454 e. The number of fused-ring (bicyclic) bond motifs is 3. The third kappa shape index (κ3) is 3.83. The van der Waals surface area contributed by atoms with E-state index in [1.54, 1.807) is 11.8 Å². The minimum atomic E-state index is 0.234. The summed E-state index contributed by atoms with van der Waals surface area (Å²) < 4.78 is 16.9. The van der Waals surface area contributed by atoms with Gasteiger partial charge in [0.2, 0.25) is 6.79 Å². The van der Waals surface area contributed by atoms with Crippen molar-refractivity contribution in [3.63, 3.8) is 0 Å². The maximum Gasteiger partial charge on any atom is 0.231 e. The molecule has 0 spiro atoms. The lowest BCUT2D eigenvalue weighted by Gasteiger charge is -2.31. The second-order valence-electron chi connectivity index (χ2n) is 8.05. The normalized spacial score (nSPS) is 21.1. The fourth-order valence-corrected chi connectivity index (χ4v) is 5.21. The van der Waals surface area contributed by atoms with Crippen molar-refractivity contribution in [2.45, 2.75) is 37.1 Å². The summed E-state index contributed by atoms with van der Waals surface area (Å²) in [6.07, 6.45) is 2.45. The van der Waals surface area contributed by atoms with Crippen molar-refractivity contribution in [3.8, 4) is 11.5 Å². The number of pyridine rings is 1. The molecule has 1 atom stereocenters. The van der Waals surface area contributed by atoms with Crippen molar-refractivity contribution in [2.75, 3.05) is 19.9 Å². The molecule has 4 heterocycles. The molecule has 0 aliphatic carbocycles.